The fourth-order valence-corrected chi connectivity index (χ4v) is 1.43. The molecule has 14 heavy (non-hydrogen) atoms. The lowest BCUT2D eigenvalue weighted by atomic mass is 10.3. The summed E-state index contributed by atoms with van der Waals surface area (Å²) in [4.78, 5) is 14.4. The normalized spacial score (nSPS) is 10.4. The number of rotatable bonds is 1. The number of aromatic carboxylic acids is 1. The average molecular weight is 254 g/mol. The van der Waals surface area contributed by atoms with Gasteiger partial charge in [-0.2, -0.15) is 5.10 Å². The summed E-state index contributed by atoms with van der Waals surface area (Å²) < 4.78 is 0.743. The lowest BCUT2D eigenvalue weighted by molar-refractivity contribution is 0.0691. The van der Waals surface area contributed by atoms with Crippen molar-refractivity contribution in [1.82, 2.24) is 15.2 Å². The van der Waals surface area contributed by atoms with Crippen LogP contribution < -0.4 is 0 Å². The average Bonchev–Trinajstić information content (AvgIpc) is 2.17. The molecule has 0 aliphatic carbocycles. The molecule has 0 unspecified atom stereocenters. The highest BCUT2D eigenvalue weighted by atomic mass is 79.9. The molecule has 0 radical (unpaired) electrons. The summed E-state index contributed by atoms with van der Waals surface area (Å²) in [6.07, 6.45) is 1.53. The van der Waals surface area contributed by atoms with Crippen LogP contribution in [0.1, 0.15) is 10.5 Å². The lowest BCUT2D eigenvalue weighted by Gasteiger charge is -1.98. The Hall–Kier alpha value is -1.56. The first-order valence-corrected chi connectivity index (χ1v) is 4.49. The molecule has 2 rings (SSSR count). The second-order valence-corrected chi connectivity index (χ2v) is 3.42. The van der Waals surface area contributed by atoms with Crippen molar-refractivity contribution in [2.45, 2.75) is 0 Å². The summed E-state index contributed by atoms with van der Waals surface area (Å²) in [7, 11) is 0. The minimum Gasteiger partial charge on any atom is -0.477 e. The van der Waals surface area contributed by atoms with Crippen LogP contribution in [0.5, 0.6) is 0 Å². The smallest absolute Gasteiger partial charge is 0.354 e. The van der Waals surface area contributed by atoms with Gasteiger partial charge in [0.05, 0.1) is 6.20 Å². The van der Waals surface area contributed by atoms with Gasteiger partial charge in [-0.15, -0.1) is 5.10 Å². The Kier molecular flexibility index (Phi) is 2.12. The summed E-state index contributed by atoms with van der Waals surface area (Å²) in [5, 5.41) is 16.8. The van der Waals surface area contributed by atoms with Gasteiger partial charge in [0.25, 0.3) is 0 Å². The van der Waals surface area contributed by atoms with Gasteiger partial charge >= 0.3 is 5.97 Å². The number of halogens is 1. The van der Waals surface area contributed by atoms with Gasteiger partial charge in [0.1, 0.15) is 0 Å². The van der Waals surface area contributed by atoms with E-state index in [2.05, 4.69) is 31.1 Å². The molecule has 0 spiro atoms. The zero-order valence-corrected chi connectivity index (χ0v) is 8.39. The van der Waals surface area contributed by atoms with E-state index in [0.29, 0.717) is 5.65 Å². The predicted octanol–water partition coefficient (Wildman–Crippen LogP) is 1.49. The molecule has 0 aliphatic heterocycles. The minimum absolute atomic E-state index is 0.0371. The van der Waals surface area contributed by atoms with Crippen molar-refractivity contribution < 1.29 is 9.90 Å². The Balaban J connectivity index is 2.73. The number of carbonyl (C=O) groups is 1. The zero-order valence-electron chi connectivity index (χ0n) is 6.81. The molecule has 2 aromatic heterocycles. The summed E-state index contributed by atoms with van der Waals surface area (Å²) in [5.41, 5.74) is 0.282. The first-order valence-electron chi connectivity index (χ1n) is 3.70. The highest BCUT2D eigenvalue weighted by Gasteiger charge is 2.07. The van der Waals surface area contributed by atoms with E-state index in [0.717, 1.165) is 9.86 Å². The molecular formula is C8H4BrN3O2. The maximum atomic E-state index is 10.6. The third-order valence-electron chi connectivity index (χ3n) is 1.68. The molecule has 0 aromatic carbocycles. The first kappa shape index (κ1) is 9.01. The van der Waals surface area contributed by atoms with Gasteiger partial charge in [0, 0.05) is 9.86 Å². The van der Waals surface area contributed by atoms with Gasteiger partial charge in [-0.3, -0.25) is 0 Å². The maximum absolute atomic E-state index is 10.6. The van der Waals surface area contributed by atoms with Crippen molar-refractivity contribution in [3.63, 3.8) is 0 Å². The second-order valence-electron chi connectivity index (χ2n) is 2.57. The summed E-state index contributed by atoms with van der Waals surface area (Å²) >= 11 is 3.27. The zero-order chi connectivity index (χ0) is 10.1. The van der Waals surface area contributed by atoms with Crippen molar-refractivity contribution in [2.24, 2.45) is 0 Å². The van der Waals surface area contributed by atoms with E-state index in [1.807, 2.05) is 0 Å². The van der Waals surface area contributed by atoms with E-state index in [9.17, 15) is 4.79 Å². The van der Waals surface area contributed by atoms with E-state index >= 15 is 0 Å². The van der Waals surface area contributed by atoms with Crippen LogP contribution in [-0.2, 0) is 0 Å². The third-order valence-corrected chi connectivity index (χ3v) is 2.31. The van der Waals surface area contributed by atoms with Crippen LogP contribution in [0.25, 0.3) is 11.0 Å². The van der Waals surface area contributed by atoms with Crippen molar-refractivity contribution in [2.75, 3.05) is 0 Å². The fraction of sp³-hybridized carbons (Fsp3) is 0. The number of carboxylic acids is 1. The molecule has 0 saturated heterocycles. The van der Waals surface area contributed by atoms with Crippen LogP contribution in [0.4, 0.5) is 0 Å². The van der Waals surface area contributed by atoms with Crippen molar-refractivity contribution in [3.8, 4) is 0 Å². The number of hydrogen-bond donors (Lipinski definition) is 1. The number of carboxylic acid groups (broad SMARTS) is 1. The largest absolute Gasteiger partial charge is 0.477 e. The quantitative estimate of drug-likeness (QED) is 0.834. The van der Waals surface area contributed by atoms with Gasteiger partial charge in [0.2, 0.25) is 0 Å². The SMILES string of the molecule is O=C(O)c1ccc2c(Br)cnnc2n1. The maximum Gasteiger partial charge on any atom is 0.354 e. The van der Waals surface area contributed by atoms with Crippen molar-refractivity contribution >= 4 is 32.9 Å². The highest BCUT2D eigenvalue weighted by Crippen LogP contribution is 2.19. The molecule has 0 fully saturated rings. The van der Waals surface area contributed by atoms with Crippen LogP contribution in [0.15, 0.2) is 22.8 Å². The molecule has 0 saturated carbocycles. The van der Waals surface area contributed by atoms with Gasteiger partial charge in [-0.1, -0.05) is 0 Å². The Morgan fingerprint density at radius 1 is 1.43 bits per heavy atom. The van der Waals surface area contributed by atoms with Crippen LogP contribution in [0, 0.1) is 0 Å². The molecule has 2 heterocycles. The first-order chi connectivity index (χ1) is 6.68. The Bertz CT molecular complexity index is 515. The standard InChI is InChI=1S/C8H4BrN3O2/c9-5-3-10-12-7-4(5)1-2-6(11-7)8(13)14/h1-3H,(H,13,14). The third kappa shape index (κ3) is 1.44. The Morgan fingerprint density at radius 3 is 2.93 bits per heavy atom. The van der Waals surface area contributed by atoms with E-state index < -0.39 is 5.97 Å². The van der Waals surface area contributed by atoms with Gasteiger partial charge in [-0.05, 0) is 28.1 Å². The molecular weight excluding hydrogens is 250 g/mol. The minimum atomic E-state index is -1.08. The fourth-order valence-electron chi connectivity index (χ4n) is 1.03. The van der Waals surface area contributed by atoms with Crippen LogP contribution in [0.3, 0.4) is 0 Å². The Morgan fingerprint density at radius 2 is 2.21 bits per heavy atom. The second kappa shape index (κ2) is 3.30. The molecule has 0 atom stereocenters. The van der Waals surface area contributed by atoms with E-state index in [1.54, 1.807) is 6.07 Å². The highest BCUT2D eigenvalue weighted by molar-refractivity contribution is 9.10. The molecule has 1 N–H and O–H groups in total. The summed E-state index contributed by atoms with van der Waals surface area (Å²) in [6, 6.07) is 3.07. The van der Waals surface area contributed by atoms with Crippen molar-refractivity contribution in [1.29, 1.82) is 0 Å². The molecule has 0 amide bonds. The van der Waals surface area contributed by atoms with E-state index in [4.69, 9.17) is 5.11 Å². The number of hydrogen-bond acceptors (Lipinski definition) is 4. The number of fused-ring (bicyclic) bond motifs is 1. The van der Waals surface area contributed by atoms with Crippen molar-refractivity contribution in [3.05, 3.63) is 28.5 Å². The predicted molar refractivity (Wildman–Crippen MR) is 52.0 cm³/mol. The topological polar surface area (TPSA) is 76.0 Å². The summed E-state index contributed by atoms with van der Waals surface area (Å²) in [5.74, 6) is -1.08. The van der Waals surface area contributed by atoms with E-state index in [-0.39, 0.29) is 5.69 Å². The molecule has 5 nitrogen and oxygen atoms in total. The molecule has 0 bridgehead atoms. The van der Waals surface area contributed by atoms with Crippen LogP contribution in [-0.4, -0.2) is 26.3 Å². The number of nitrogens with zero attached hydrogens (tertiary/aromatic N) is 3. The lowest BCUT2D eigenvalue weighted by Crippen LogP contribution is -2.01. The van der Waals surface area contributed by atoms with Gasteiger partial charge in [0.15, 0.2) is 11.3 Å². The molecule has 2 aromatic rings. The van der Waals surface area contributed by atoms with E-state index in [1.165, 1.54) is 12.3 Å². The van der Waals surface area contributed by atoms with Gasteiger partial charge < -0.3 is 5.11 Å². The Labute approximate surface area is 86.9 Å². The van der Waals surface area contributed by atoms with Gasteiger partial charge in [-0.25, -0.2) is 9.78 Å². The molecule has 70 valence electrons. The number of aromatic nitrogens is 3. The molecule has 6 heteroatoms. The van der Waals surface area contributed by atoms with Crippen LogP contribution in [0.2, 0.25) is 0 Å². The summed E-state index contributed by atoms with van der Waals surface area (Å²) in [6.45, 7) is 0. The molecule has 0 aliphatic rings. The monoisotopic (exact) mass is 253 g/mol. The number of pyridine rings is 1. The van der Waals surface area contributed by atoms with Crippen LogP contribution >= 0.6 is 15.9 Å².